The first-order valence-electron chi connectivity index (χ1n) is 6.71. The SMILES string of the molecule is CS(=O)(=O)c1ccc(-c2[nH]ncc2CNC2CC2)cc1F. The maximum atomic E-state index is 14.0. The Morgan fingerprint density at radius 1 is 1.43 bits per heavy atom. The summed E-state index contributed by atoms with van der Waals surface area (Å²) in [6.07, 6.45) is 5.06. The molecule has 21 heavy (non-hydrogen) atoms. The van der Waals surface area contributed by atoms with E-state index in [-0.39, 0.29) is 4.90 Å². The van der Waals surface area contributed by atoms with Crippen molar-refractivity contribution in [2.24, 2.45) is 0 Å². The van der Waals surface area contributed by atoms with Crippen LogP contribution in [0.5, 0.6) is 0 Å². The zero-order chi connectivity index (χ0) is 15.0. The van der Waals surface area contributed by atoms with E-state index in [2.05, 4.69) is 15.5 Å². The van der Waals surface area contributed by atoms with Gasteiger partial charge in [0.25, 0.3) is 0 Å². The van der Waals surface area contributed by atoms with Crippen molar-refractivity contribution in [3.8, 4) is 11.3 Å². The Kier molecular flexibility index (Phi) is 3.54. The van der Waals surface area contributed by atoms with Crippen LogP contribution in [0.15, 0.2) is 29.3 Å². The van der Waals surface area contributed by atoms with E-state index in [0.717, 1.165) is 11.8 Å². The fourth-order valence-electron chi connectivity index (χ4n) is 2.19. The molecule has 0 bridgehead atoms. The summed E-state index contributed by atoms with van der Waals surface area (Å²) < 4.78 is 36.8. The smallest absolute Gasteiger partial charge is 0.178 e. The number of hydrogen-bond acceptors (Lipinski definition) is 4. The van der Waals surface area contributed by atoms with Crippen LogP contribution < -0.4 is 5.32 Å². The summed E-state index contributed by atoms with van der Waals surface area (Å²) in [5.41, 5.74) is 2.24. The lowest BCUT2D eigenvalue weighted by atomic mass is 10.1. The van der Waals surface area contributed by atoms with Gasteiger partial charge in [-0.25, -0.2) is 12.8 Å². The second-order valence-corrected chi connectivity index (χ2v) is 7.33. The first-order valence-corrected chi connectivity index (χ1v) is 8.60. The van der Waals surface area contributed by atoms with Gasteiger partial charge in [0.2, 0.25) is 0 Å². The monoisotopic (exact) mass is 309 g/mol. The molecule has 0 amide bonds. The van der Waals surface area contributed by atoms with Crippen molar-refractivity contribution in [3.05, 3.63) is 35.8 Å². The Labute approximate surface area is 122 Å². The molecule has 0 unspecified atom stereocenters. The fraction of sp³-hybridized carbons (Fsp3) is 0.357. The van der Waals surface area contributed by atoms with Crippen LogP contribution in [-0.4, -0.2) is 30.9 Å². The standard InChI is InChI=1S/C14H16FN3O2S/c1-21(19,20)13-5-2-9(6-12(13)15)14-10(8-17-18-14)7-16-11-3-4-11/h2,5-6,8,11,16H,3-4,7H2,1H3,(H,17,18). The lowest BCUT2D eigenvalue weighted by molar-refractivity contribution is 0.571. The zero-order valence-electron chi connectivity index (χ0n) is 11.6. The number of rotatable bonds is 5. The third-order valence-electron chi connectivity index (χ3n) is 3.50. The highest BCUT2D eigenvalue weighted by Crippen LogP contribution is 2.26. The Morgan fingerprint density at radius 3 is 2.81 bits per heavy atom. The van der Waals surface area contributed by atoms with Crippen molar-refractivity contribution in [2.45, 2.75) is 30.3 Å². The molecular formula is C14H16FN3O2S. The third-order valence-corrected chi connectivity index (χ3v) is 4.63. The molecule has 1 aliphatic carbocycles. The zero-order valence-corrected chi connectivity index (χ0v) is 12.4. The number of sulfone groups is 1. The summed E-state index contributed by atoms with van der Waals surface area (Å²) in [6.45, 7) is 0.659. The summed E-state index contributed by atoms with van der Waals surface area (Å²) in [7, 11) is -3.56. The summed E-state index contributed by atoms with van der Waals surface area (Å²) in [4.78, 5) is -0.288. The lowest BCUT2D eigenvalue weighted by Gasteiger charge is -2.06. The number of aromatic nitrogens is 2. The van der Waals surface area contributed by atoms with Crippen LogP contribution >= 0.6 is 0 Å². The largest absolute Gasteiger partial charge is 0.310 e. The molecule has 1 heterocycles. The van der Waals surface area contributed by atoms with Crippen molar-refractivity contribution in [3.63, 3.8) is 0 Å². The van der Waals surface area contributed by atoms with E-state index < -0.39 is 15.7 Å². The van der Waals surface area contributed by atoms with Crippen LogP contribution in [0, 0.1) is 5.82 Å². The summed E-state index contributed by atoms with van der Waals surface area (Å²) in [6, 6.07) is 4.67. The van der Waals surface area contributed by atoms with E-state index in [9.17, 15) is 12.8 Å². The minimum absolute atomic E-state index is 0.288. The van der Waals surface area contributed by atoms with Crippen LogP contribution in [0.1, 0.15) is 18.4 Å². The molecule has 1 saturated carbocycles. The van der Waals surface area contributed by atoms with Crippen molar-refractivity contribution in [1.29, 1.82) is 0 Å². The summed E-state index contributed by atoms with van der Waals surface area (Å²) in [5.74, 6) is -0.745. The minimum Gasteiger partial charge on any atom is -0.310 e. The number of benzene rings is 1. The molecule has 0 saturated heterocycles. The van der Waals surface area contributed by atoms with Gasteiger partial charge in [-0.1, -0.05) is 6.07 Å². The van der Waals surface area contributed by atoms with Gasteiger partial charge < -0.3 is 5.32 Å². The van der Waals surface area contributed by atoms with Gasteiger partial charge in [0.05, 0.1) is 11.9 Å². The third kappa shape index (κ3) is 3.14. The van der Waals surface area contributed by atoms with Crippen molar-refractivity contribution in [2.75, 3.05) is 6.26 Å². The minimum atomic E-state index is -3.56. The maximum absolute atomic E-state index is 14.0. The second-order valence-electron chi connectivity index (χ2n) is 5.34. The van der Waals surface area contributed by atoms with Crippen molar-refractivity contribution in [1.82, 2.24) is 15.5 Å². The first kappa shape index (κ1) is 14.2. The number of aromatic amines is 1. The van der Waals surface area contributed by atoms with Crippen molar-refractivity contribution >= 4 is 9.84 Å². The van der Waals surface area contributed by atoms with Crippen LogP contribution in [0.3, 0.4) is 0 Å². The quantitative estimate of drug-likeness (QED) is 0.884. The molecule has 2 aromatic rings. The highest BCUT2D eigenvalue weighted by molar-refractivity contribution is 7.90. The van der Waals surface area contributed by atoms with Gasteiger partial charge in [-0.2, -0.15) is 5.10 Å². The molecule has 1 aromatic carbocycles. The molecule has 0 atom stereocenters. The predicted octanol–water partition coefficient (Wildman–Crippen LogP) is 1.87. The molecule has 112 valence electrons. The van der Waals surface area contributed by atoms with E-state index in [4.69, 9.17) is 0 Å². The number of nitrogens with one attached hydrogen (secondary N) is 2. The molecule has 1 aliphatic rings. The van der Waals surface area contributed by atoms with Gasteiger partial charge in [0, 0.05) is 30.0 Å². The molecule has 0 spiro atoms. The summed E-state index contributed by atoms with van der Waals surface area (Å²) in [5, 5.41) is 10.2. The first-order chi connectivity index (χ1) is 9.95. The molecule has 3 rings (SSSR count). The maximum Gasteiger partial charge on any atom is 0.178 e. The lowest BCUT2D eigenvalue weighted by Crippen LogP contribution is -2.15. The van der Waals surface area contributed by atoms with E-state index in [0.29, 0.717) is 23.8 Å². The van der Waals surface area contributed by atoms with E-state index in [1.807, 2.05) is 0 Å². The molecule has 1 fully saturated rings. The Bertz CT molecular complexity index is 766. The van der Waals surface area contributed by atoms with E-state index in [1.165, 1.54) is 25.0 Å². The van der Waals surface area contributed by atoms with Crippen molar-refractivity contribution < 1.29 is 12.8 Å². The van der Waals surface area contributed by atoms with Gasteiger partial charge in [-0.05, 0) is 25.0 Å². The number of halogens is 1. The highest BCUT2D eigenvalue weighted by atomic mass is 32.2. The average Bonchev–Trinajstić information content (AvgIpc) is 3.11. The average molecular weight is 309 g/mol. The molecule has 7 heteroatoms. The number of nitrogens with zero attached hydrogens (tertiary/aromatic N) is 1. The molecule has 0 radical (unpaired) electrons. The van der Waals surface area contributed by atoms with Gasteiger partial charge >= 0.3 is 0 Å². The Balaban J connectivity index is 1.90. The van der Waals surface area contributed by atoms with Gasteiger partial charge in [-0.15, -0.1) is 0 Å². The van der Waals surface area contributed by atoms with Gasteiger partial charge in [-0.3, -0.25) is 5.10 Å². The Hall–Kier alpha value is -1.73. The fourth-order valence-corrected chi connectivity index (χ4v) is 2.92. The van der Waals surface area contributed by atoms with Crippen LogP contribution in [-0.2, 0) is 16.4 Å². The highest BCUT2D eigenvalue weighted by Gasteiger charge is 2.21. The van der Waals surface area contributed by atoms with Crippen LogP contribution in [0.2, 0.25) is 0 Å². The topological polar surface area (TPSA) is 74.8 Å². The molecular weight excluding hydrogens is 293 g/mol. The summed E-state index contributed by atoms with van der Waals surface area (Å²) >= 11 is 0. The number of H-pyrrole nitrogens is 1. The van der Waals surface area contributed by atoms with Crippen LogP contribution in [0.4, 0.5) is 4.39 Å². The normalized spacial score (nSPS) is 15.3. The molecule has 0 aliphatic heterocycles. The van der Waals surface area contributed by atoms with Crippen LogP contribution in [0.25, 0.3) is 11.3 Å². The molecule has 2 N–H and O–H groups in total. The molecule has 1 aromatic heterocycles. The van der Waals surface area contributed by atoms with E-state index in [1.54, 1.807) is 12.3 Å². The second kappa shape index (κ2) is 5.23. The number of hydrogen-bond donors (Lipinski definition) is 2. The van der Waals surface area contributed by atoms with E-state index >= 15 is 0 Å². The van der Waals surface area contributed by atoms with Gasteiger partial charge in [0.15, 0.2) is 9.84 Å². The molecule has 5 nitrogen and oxygen atoms in total. The Morgan fingerprint density at radius 2 is 2.19 bits per heavy atom. The van der Waals surface area contributed by atoms with Gasteiger partial charge in [0.1, 0.15) is 10.7 Å². The predicted molar refractivity (Wildman–Crippen MR) is 77.0 cm³/mol.